The highest BCUT2D eigenvalue weighted by Gasteiger charge is 2.27. The van der Waals surface area contributed by atoms with Gasteiger partial charge in [-0.2, -0.15) is 0 Å². The number of carboxylic acid groups (broad SMARTS) is 1. The van der Waals surface area contributed by atoms with Gasteiger partial charge in [0.25, 0.3) is 0 Å². The number of aromatic carboxylic acids is 1. The van der Waals surface area contributed by atoms with Crippen LogP contribution in [-0.2, 0) is 6.42 Å². The van der Waals surface area contributed by atoms with Crippen LogP contribution in [0.1, 0.15) is 28.5 Å². The van der Waals surface area contributed by atoms with Crippen LogP contribution >= 0.6 is 0 Å². The summed E-state index contributed by atoms with van der Waals surface area (Å²) in [5, 5.41) is 9.98. The Kier molecular flexibility index (Phi) is 5.21. The number of carbonyl (C=O) groups is 1. The quantitative estimate of drug-likeness (QED) is 0.686. The lowest BCUT2D eigenvalue weighted by atomic mass is 10.0. The van der Waals surface area contributed by atoms with Gasteiger partial charge in [0.05, 0.1) is 31.2 Å². The van der Waals surface area contributed by atoms with E-state index in [1.54, 1.807) is 14.2 Å². The zero-order valence-electron chi connectivity index (χ0n) is 15.9. The Morgan fingerprint density at radius 3 is 2.30 bits per heavy atom. The Hall–Kier alpha value is -3.21. The van der Waals surface area contributed by atoms with Gasteiger partial charge in [0.1, 0.15) is 0 Å². The summed E-state index contributed by atoms with van der Waals surface area (Å²) in [6, 6.07) is 15.2. The molecule has 0 fully saturated rings. The van der Waals surface area contributed by atoms with E-state index < -0.39 is 5.97 Å². The van der Waals surface area contributed by atoms with Crippen molar-refractivity contribution in [2.75, 3.05) is 14.2 Å². The molecule has 3 aromatic rings. The van der Waals surface area contributed by atoms with Crippen LogP contribution in [0.4, 0.5) is 0 Å². The van der Waals surface area contributed by atoms with Gasteiger partial charge in [-0.05, 0) is 36.6 Å². The lowest BCUT2D eigenvalue weighted by Crippen LogP contribution is -2.05. The third-order valence-electron chi connectivity index (χ3n) is 4.77. The van der Waals surface area contributed by atoms with Crippen molar-refractivity contribution < 1.29 is 19.4 Å². The number of ether oxygens (including phenoxy) is 2. The van der Waals surface area contributed by atoms with Gasteiger partial charge < -0.3 is 19.1 Å². The normalized spacial score (nSPS) is 10.7. The predicted molar refractivity (Wildman–Crippen MR) is 105 cm³/mol. The molecule has 0 aliphatic carbocycles. The van der Waals surface area contributed by atoms with Gasteiger partial charge >= 0.3 is 5.97 Å². The molecule has 0 aliphatic rings. The van der Waals surface area contributed by atoms with Gasteiger partial charge in [-0.1, -0.05) is 43.3 Å². The second-order valence-electron chi connectivity index (χ2n) is 6.16. The van der Waals surface area contributed by atoms with E-state index in [2.05, 4.69) is 0 Å². The molecule has 0 atom stereocenters. The average Bonchev–Trinajstić information content (AvgIpc) is 3.00. The molecule has 1 heterocycles. The van der Waals surface area contributed by atoms with E-state index in [0.29, 0.717) is 29.2 Å². The van der Waals surface area contributed by atoms with E-state index in [9.17, 15) is 9.90 Å². The van der Waals surface area contributed by atoms with E-state index in [0.717, 1.165) is 22.5 Å². The molecule has 0 amide bonds. The molecule has 3 rings (SSSR count). The number of benzene rings is 2. The Balaban J connectivity index is 2.46. The van der Waals surface area contributed by atoms with Crippen LogP contribution in [0.25, 0.3) is 16.9 Å². The van der Waals surface area contributed by atoms with Crippen LogP contribution in [0.5, 0.6) is 11.5 Å². The Morgan fingerprint density at radius 2 is 1.74 bits per heavy atom. The molecular weight excluding hydrogens is 342 g/mol. The second-order valence-corrected chi connectivity index (χ2v) is 6.16. The van der Waals surface area contributed by atoms with Gasteiger partial charge in [-0.15, -0.1) is 0 Å². The summed E-state index contributed by atoms with van der Waals surface area (Å²) in [7, 11) is 3.17. The van der Waals surface area contributed by atoms with Crippen molar-refractivity contribution in [1.82, 2.24) is 4.57 Å². The number of para-hydroxylation sites is 1. The highest BCUT2D eigenvalue weighted by atomic mass is 16.5. The maximum atomic E-state index is 12.2. The molecule has 0 bridgehead atoms. The number of hydrogen-bond acceptors (Lipinski definition) is 3. The second kappa shape index (κ2) is 7.58. The number of rotatable bonds is 6. The zero-order valence-corrected chi connectivity index (χ0v) is 15.9. The van der Waals surface area contributed by atoms with Gasteiger partial charge in [0.2, 0.25) is 0 Å². The van der Waals surface area contributed by atoms with Crippen LogP contribution in [0.15, 0.2) is 48.5 Å². The molecule has 0 unspecified atom stereocenters. The smallest absolute Gasteiger partial charge is 0.338 e. The maximum absolute atomic E-state index is 12.2. The minimum absolute atomic E-state index is 0.325. The fourth-order valence-electron chi connectivity index (χ4n) is 3.62. The molecule has 2 aromatic carbocycles. The van der Waals surface area contributed by atoms with Crippen molar-refractivity contribution in [3.8, 4) is 28.4 Å². The highest BCUT2D eigenvalue weighted by molar-refractivity contribution is 5.98. The minimum Gasteiger partial charge on any atom is -0.493 e. The van der Waals surface area contributed by atoms with E-state index in [1.165, 1.54) is 0 Å². The fraction of sp³-hybridized carbons (Fsp3) is 0.227. The lowest BCUT2D eigenvalue weighted by Gasteiger charge is -2.18. The molecule has 0 saturated carbocycles. The summed E-state index contributed by atoms with van der Waals surface area (Å²) < 4.78 is 13.0. The van der Waals surface area contributed by atoms with Crippen LogP contribution in [0.2, 0.25) is 0 Å². The summed E-state index contributed by atoms with van der Waals surface area (Å²) >= 11 is 0. The molecule has 140 valence electrons. The average molecular weight is 365 g/mol. The van der Waals surface area contributed by atoms with Crippen LogP contribution in [0, 0.1) is 6.92 Å². The standard InChI is InChI=1S/C22H23NO4/c1-5-16-14(2)23(17-12-9-13-18(26-3)21(17)27-4)20(19(16)22(24)25)15-10-7-6-8-11-15/h6-13H,5H2,1-4H3,(H,24,25). The monoisotopic (exact) mass is 365 g/mol. The zero-order chi connectivity index (χ0) is 19.6. The number of hydrogen-bond donors (Lipinski definition) is 1. The minimum atomic E-state index is -0.936. The topological polar surface area (TPSA) is 60.7 Å². The number of carboxylic acids is 1. The third kappa shape index (κ3) is 3.05. The van der Waals surface area contributed by atoms with E-state index in [1.807, 2.05) is 66.9 Å². The van der Waals surface area contributed by atoms with Crippen molar-refractivity contribution in [2.24, 2.45) is 0 Å². The molecule has 1 aromatic heterocycles. The summed E-state index contributed by atoms with van der Waals surface area (Å²) in [6.07, 6.45) is 0.618. The van der Waals surface area contributed by atoms with Crippen molar-refractivity contribution in [1.29, 1.82) is 0 Å². The first-order valence-electron chi connectivity index (χ1n) is 8.79. The van der Waals surface area contributed by atoms with E-state index in [4.69, 9.17) is 9.47 Å². The van der Waals surface area contributed by atoms with Crippen LogP contribution in [-0.4, -0.2) is 29.9 Å². The Morgan fingerprint density at radius 1 is 1.04 bits per heavy atom. The van der Waals surface area contributed by atoms with Crippen molar-refractivity contribution in [3.05, 3.63) is 65.4 Å². The first-order chi connectivity index (χ1) is 13.0. The summed E-state index contributed by atoms with van der Waals surface area (Å²) in [5.41, 5.74) is 4.24. The molecule has 1 N–H and O–H groups in total. The first-order valence-corrected chi connectivity index (χ1v) is 8.79. The molecule has 0 spiro atoms. The molecule has 5 nitrogen and oxygen atoms in total. The van der Waals surface area contributed by atoms with Crippen LogP contribution in [0.3, 0.4) is 0 Å². The van der Waals surface area contributed by atoms with Crippen molar-refractivity contribution >= 4 is 5.97 Å². The van der Waals surface area contributed by atoms with E-state index in [-0.39, 0.29) is 0 Å². The molecule has 0 saturated heterocycles. The molecular formula is C22H23NO4. The summed E-state index contributed by atoms with van der Waals surface area (Å²) in [5.74, 6) is 0.223. The Bertz CT molecular complexity index is 974. The lowest BCUT2D eigenvalue weighted by molar-refractivity contribution is 0.0696. The number of nitrogens with zero attached hydrogens (tertiary/aromatic N) is 1. The molecule has 5 heteroatoms. The van der Waals surface area contributed by atoms with Gasteiger partial charge in [-0.25, -0.2) is 4.79 Å². The van der Waals surface area contributed by atoms with Crippen molar-refractivity contribution in [3.63, 3.8) is 0 Å². The molecule has 0 radical (unpaired) electrons. The van der Waals surface area contributed by atoms with Gasteiger partial charge in [-0.3, -0.25) is 0 Å². The summed E-state index contributed by atoms with van der Waals surface area (Å²) in [4.78, 5) is 12.2. The maximum Gasteiger partial charge on any atom is 0.338 e. The Labute approximate surface area is 158 Å². The SMILES string of the molecule is CCc1c(C(=O)O)c(-c2ccccc2)n(-c2cccc(OC)c2OC)c1C. The molecule has 0 aliphatic heterocycles. The number of aromatic nitrogens is 1. The van der Waals surface area contributed by atoms with Crippen molar-refractivity contribution in [2.45, 2.75) is 20.3 Å². The first kappa shape index (κ1) is 18.6. The summed E-state index contributed by atoms with van der Waals surface area (Å²) in [6.45, 7) is 3.91. The third-order valence-corrected chi connectivity index (χ3v) is 4.77. The largest absolute Gasteiger partial charge is 0.493 e. The highest BCUT2D eigenvalue weighted by Crippen LogP contribution is 2.40. The predicted octanol–water partition coefficient (Wildman–Crippen LogP) is 4.73. The number of methoxy groups -OCH3 is 2. The van der Waals surface area contributed by atoms with Gasteiger partial charge in [0, 0.05) is 5.69 Å². The van der Waals surface area contributed by atoms with E-state index >= 15 is 0 Å². The molecule has 27 heavy (non-hydrogen) atoms. The van der Waals surface area contributed by atoms with Gasteiger partial charge in [0.15, 0.2) is 11.5 Å². The van der Waals surface area contributed by atoms with Crippen LogP contribution < -0.4 is 9.47 Å². The fourth-order valence-corrected chi connectivity index (χ4v) is 3.62.